The van der Waals surface area contributed by atoms with E-state index < -0.39 is 5.97 Å². The van der Waals surface area contributed by atoms with Gasteiger partial charge in [0.15, 0.2) is 0 Å². The SMILES string of the molecule is CCN(C(=O)NC(CC(=O)O)C(C)C)C1CCCCC1. The number of hydrogen-bond donors (Lipinski definition) is 2. The first-order chi connectivity index (χ1) is 9.45. The Balaban J connectivity index is 2.62. The average Bonchev–Trinajstić information content (AvgIpc) is 2.39. The quantitative estimate of drug-likeness (QED) is 0.788. The molecule has 1 fully saturated rings. The van der Waals surface area contributed by atoms with Crippen molar-refractivity contribution >= 4 is 12.0 Å². The zero-order valence-corrected chi connectivity index (χ0v) is 12.9. The number of nitrogens with one attached hydrogen (secondary N) is 1. The Kier molecular flexibility index (Phi) is 6.82. The first kappa shape index (κ1) is 16.8. The molecule has 1 saturated carbocycles. The van der Waals surface area contributed by atoms with Crippen LogP contribution in [-0.2, 0) is 4.79 Å². The topological polar surface area (TPSA) is 69.6 Å². The van der Waals surface area contributed by atoms with Gasteiger partial charge in [-0.25, -0.2) is 4.79 Å². The number of carbonyl (C=O) groups excluding carboxylic acids is 1. The van der Waals surface area contributed by atoms with Crippen LogP contribution in [0.4, 0.5) is 4.79 Å². The molecule has 5 nitrogen and oxygen atoms in total. The number of rotatable bonds is 6. The van der Waals surface area contributed by atoms with E-state index in [9.17, 15) is 9.59 Å². The lowest BCUT2D eigenvalue weighted by Crippen LogP contribution is -2.51. The van der Waals surface area contributed by atoms with Crippen LogP contribution in [0, 0.1) is 5.92 Å². The Bertz CT molecular complexity index is 325. The van der Waals surface area contributed by atoms with Gasteiger partial charge in [-0.3, -0.25) is 4.79 Å². The summed E-state index contributed by atoms with van der Waals surface area (Å²) in [7, 11) is 0. The second kappa shape index (κ2) is 8.12. The number of nitrogens with zero attached hydrogens (tertiary/aromatic N) is 1. The molecule has 0 spiro atoms. The minimum atomic E-state index is -0.871. The van der Waals surface area contributed by atoms with E-state index in [4.69, 9.17) is 5.11 Å². The molecule has 116 valence electrons. The van der Waals surface area contributed by atoms with Crippen LogP contribution < -0.4 is 5.32 Å². The standard InChI is InChI=1S/C15H28N2O3/c1-4-17(12-8-6-5-7-9-12)15(20)16-13(11(2)3)10-14(18)19/h11-13H,4-10H2,1-3H3,(H,16,20)(H,18,19). The highest BCUT2D eigenvalue weighted by Crippen LogP contribution is 2.22. The fourth-order valence-corrected chi connectivity index (χ4v) is 2.84. The number of aliphatic carboxylic acids is 1. The number of urea groups is 1. The van der Waals surface area contributed by atoms with Crippen molar-refractivity contribution in [2.75, 3.05) is 6.54 Å². The van der Waals surface area contributed by atoms with E-state index in [1.54, 1.807) is 0 Å². The van der Waals surface area contributed by atoms with Gasteiger partial charge in [0.05, 0.1) is 6.42 Å². The summed E-state index contributed by atoms with van der Waals surface area (Å²) in [5.74, 6) is -0.759. The average molecular weight is 284 g/mol. The Hall–Kier alpha value is -1.26. The van der Waals surface area contributed by atoms with E-state index in [-0.39, 0.29) is 24.4 Å². The third-order valence-electron chi connectivity index (χ3n) is 4.13. The van der Waals surface area contributed by atoms with Gasteiger partial charge in [-0.05, 0) is 25.7 Å². The van der Waals surface area contributed by atoms with Gasteiger partial charge in [-0.1, -0.05) is 33.1 Å². The smallest absolute Gasteiger partial charge is 0.317 e. The van der Waals surface area contributed by atoms with Gasteiger partial charge in [0.25, 0.3) is 0 Å². The normalized spacial score (nSPS) is 17.8. The van der Waals surface area contributed by atoms with Gasteiger partial charge in [-0.15, -0.1) is 0 Å². The Morgan fingerprint density at radius 2 is 1.85 bits per heavy atom. The van der Waals surface area contributed by atoms with E-state index in [2.05, 4.69) is 5.32 Å². The van der Waals surface area contributed by atoms with Crippen molar-refractivity contribution in [2.45, 2.75) is 71.4 Å². The second-order valence-electron chi connectivity index (χ2n) is 5.98. The highest BCUT2D eigenvalue weighted by atomic mass is 16.4. The highest BCUT2D eigenvalue weighted by Gasteiger charge is 2.27. The van der Waals surface area contributed by atoms with Gasteiger partial charge in [-0.2, -0.15) is 0 Å². The molecule has 1 aliphatic rings. The summed E-state index contributed by atoms with van der Waals surface area (Å²) in [6, 6.07) is -0.108. The lowest BCUT2D eigenvalue weighted by molar-refractivity contribution is -0.137. The monoisotopic (exact) mass is 284 g/mol. The van der Waals surface area contributed by atoms with Crippen molar-refractivity contribution in [3.8, 4) is 0 Å². The predicted octanol–water partition coefficient (Wildman–Crippen LogP) is 2.85. The van der Waals surface area contributed by atoms with Crippen LogP contribution in [0.3, 0.4) is 0 Å². The van der Waals surface area contributed by atoms with Gasteiger partial charge < -0.3 is 15.3 Å². The molecule has 0 aromatic carbocycles. The molecule has 1 rings (SSSR count). The molecule has 2 amide bonds. The first-order valence-corrected chi connectivity index (χ1v) is 7.74. The molecule has 1 atom stereocenters. The summed E-state index contributed by atoms with van der Waals surface area (Å²) in [5, 5.41) is 11.8. The van der Waals surface area contributed by atoms with Crippen molar-refractivity contribution in [3.63, 3.8) is 0 Å². The zero-order valence-electron chi connectivity index (χ0n) is 12.9. The van der Waals surface area contributed by atoms with Crippen molar-refractivity contribution in [1.29, 1.82) is 0 Å². The molecule has 5 heteroatoms. The molecular formula is C15H28N2O3. The number of amides is 2. The molecular weight excluding hydrogens is 256 g/mol. The Labute approximate surface area is 121 Å². The van der Waals surface area contributed by atoms with Crippen molar-refractivity contribution in [2.24, 2.45) is 5.92 Å². The summed E-state index contributed by atoms with van der Waals surface area (Å²) in [5.41, 5.74) is 0. The molecule has 1 aliphatic carbocycles. The van der Waals surface area contributed by atoms with Crippen LogP contribution in [0.25, 0.3) is 0 Å². The van der Waals surface area contributed by atoms with Gasteiger partial charge >= 0.3 is 12.0 Å². The summed E-state index contributed by atoms with van der Waals surface area (Å²) in [4.78, 5) is 25.1. The van der Waals surface area contributed by atoms with E-state index in [0.717, 1.165) is 12.8 Å². The molecule has 1 unspecified atom stereocenters. The van der Waals surface area contributed by atoms with Gasteiger partial charge in [0, 0.05) is 18.6 Å². The fraction of sp³-hybridized carbons (Fsp3) is 0.867. The molecule has 0 aliphatic heterocycles. The number of hydrogen-bond acceptors (Lipinski definition) is 2. The summed E-state index contributed by atoms with van der Waals surface area (Å²) in [6.07, 6.45) is 5.71. The molecule has 0 aromatic rings. The Morgan fingerprint density at radius 1 is 1.25 bits per heavy atom. The van der Waals surface area contributed by atoms with E-state index in [1.807, 2.05) is 25.7 Å². The minimum Gasteiger partial charge on any atom is -0.481 e. The second-order valence-corrected chi connectivity index (χ2v) is 5.98. The molecule has 20 heavy (non-hydrogen) atoms. The van der Waals surface area contributed by atoms with Crippen LogP contribution in [0.5, 0.6) is 0 Å². The molecule has 0 aromatic heterocycles. The zero-order chi connectivity index (χ0) is 15.1. The predicted molar refractivity (Wildman–Crippen MR) is 78.7 cm³/mol. The third-order valence-corrected chi connectivity index (χ3v) is 4.13. The van der Waals surface area contributed by atoms with Crippen LogP contribution in [-0.4, -0.2) is 40.6 Å². The summed E-state index contributed by atoms with van der Waals surface area (Å²) in [6.45, 7) is 6.53. The van der Waals surface area contributed by atoms with E-state index in [0.29, 0.717) is 12.6 Å². The number of carboxylic acid groups (broad SMARTS) is 1. The van der Waals surface area contributed by atoms with Crippen LogP contribution in [0.15, 0.2) is 0 Å². The summed E-state index contributed by atoms with van der Waals surface area (Å²) < 4.78 is 0. The van der Waals surface area contributed by atoms with E-state index >= 15 is 0 Å². The fourth-order valence-electron chi connectivity index (χ4n) is 2.84. The third kappa shape index (κ3) is 5.02. The van der Waals surface area contributed by atoms with Crippen molar-refractivity contribution in [3.05, 3.63) is 0 Å². The van der Waals surface area contributed by atoms with Crippen LogP contribution in [0.2, 0.25) is 0 Å². The number of carboxylic acids is 1. The molecule has 2 N–H and O–H groups in total. The van der Waals surface area contributed by atoms with Crippen molar-refractivity contribution in [1.82, 2.24) is 10.2 Å². The lowest BCUT2D eigenvalue weighted by atomic mass is 9.94. The largest absolute Gasteiger partial charge is 0.481 e. The molecule has 0 radical (unpaired) electrons. The van der Waals surface area contributed by atoms with E-state index in [1.165, 1.54) is 19.3 Å². The number of carbonyl (C=O) groups is 2. The van der Waals surface area contributed by atoms with Crippen LogP contribution >= 0.6 is 0 Å². The molecule has 0 saturated heterocycles. The maximum Gasteiger partial charge on any atom is 0.317 e. The Morgan fingerprint density at radius 3 is 2.30 bits per heavy atom. The lowest BCUT2D eigenvalue weighted by Gasteiger charge is -2.35. The molecule has 0 bridgehead atoms. The highest BCUT2D eigenvalue weighted by molar-refractivity contribution is 5.76. The minimum absolute atomic E-state index is 0.0222. The molecule has 0 heterocycles. The maximum absolute atomic E-state index is 12.4. The van der Waals surface area contributed by atoms with Crippen molar-refractivity contribution < 1.29 is 14.7 Å². The summed E-state index contributed by atoms with van der Waals surface area (Å²) >= 11 is 0. The maximum atomic E-state index is 12.4. The van der Waals surface area contributed by atoms with Crippen LogP contribution in [0.1, 0.15) is 59.3 Å². The van der Waals surface area contributed by atoms with Gasteiger partial charge in [0.1, 0.15) is 0 Å². The van der Waals surface area contributed by atoms with Gasteiger partial charge in [0.2, 0.25) is 0 Å². The first-order valence-electron chi connectivity index (χ1n) is 7.74.